The van der Waals surface area contributed by atoms with E-state index in [0.717, 1.165) is 46.5 Å². The average Bonchev–Trinajstić information content (AvgIpc) is 3.51. The molecule has 0 N–H and O–H groups in total. The normalized spacial score (nSPS) is 13.7. The van der Waals surface area contributed by atoms with Crippen molar-refractivity contribution in [2.75, 3.05) is 0 Å². The second-order valence-electron chi connectivity index (χ2n) is 11.8. The molecule has 1 heterocycles. The number of benzene rings is 4. The van der Waals surface area contributed by atoms with Crippen LogP contribution in [0.15, 0.2) is 78.9 Å². The van der Waals surface area contributed by atoms with Gasteiger partial charge in [-0.2, -0.15) is 0 Å². The molecule has 1 atom stereocenters. The van der Waals surface area contributed by atoms with E-state index in [2.05, 4.69) is 131 Å². The molecular formula is C39H44HfN3-5. The summed E-state index contributed by atoms with van der Waals surface area (Å²) < 4.78 is 2.28. The Balaban J connectivity index is 0.00000169. The molecule has 0 amide bonds. The Morgan fingerprint density at radius 2 is 1.42 bits per heavy atom. The molecular weight excluding hydrogens is 689 g/mol. The minimum atomic E-state index is 0. The van der Waals surface area contributed by atoms with E-state index in [1.807, 2.05) is 0 Å². The number of hydrogen-bond acceptors (Lipinski definition) is 0. The van der Waals surface area contributed by atoms with Crippen LogP contribution in [-0.2, 0) is 39.3 Å². The maximum absolute atomic E-state index is 5.35. The molecule has 0 aliphatic heterocycles. The van der Waals surface area contributed by atoms with Gasteiger partial charge in [-0.1, -0.05) is 146 Å². The predicted molar refractivity (Wildman–Crippen MR) is 183 cm³/mol. The Kier molecular flexibility index (Phi) is 11.3. The van der Waals surface area contributed by atoms with E-state index in [1.165, 1.54) is 33.4 Å². The van der Waals surface area contributed by atoms with Crippen molar-refractivity contribution in [3.05, 3.63) is 138 Å². The Bertz CT molecular complexity index is 1670. The minimum absolute atomic E-state index is 0. The molecule has 5 aromatic rings. The van der Waals surface area contributed by atoms with Gasteiger partial charge in [0.1, 0.15) is 0 Å². The molecule has 1 aromatic heterocycles. The van der Waals surface area contributed by atoms with Crippen LogP contribution in [-0.4, -0.2) is 4.57 Å². The van der Waals surface area contributed by atoms with Crippen molar-refractivity contribution >= 4 is 28.0 Å². The van der Waals surface area contributed by atoms with Gasteiger partial charge in [-0.15, -0.1) is 28.9 Å². The maximum atomic E-state index is 5.35. The topological polar surface area (TPSA) is 33.1 Å². The van der Waals surface area contributed by atoms with Gasteiger partial charge in [0.05, 0.1) is 0 Å². The zero-order valence-corrected chi connectivity index (χ0v) is 30.6. The fourth-order valence-electron chi connectivity index (χ4n) is 6.23. The molecule has 0 saturated carbocycles. The summed E-state index contributed by atoms with van der Waals surface area (Å²) in [5.74, 6) is 0.792. The summed E-state index contributed by atoms with van der Waals surface area (Å²) >= 11 is 0. The second kappa shape index (κ2) is 14.1. The van der Waals surface area contributed by atoms with Crippen molar-refractivity contribution < 1.29 is 25.8 Å². The largest absolute Gasteiger partial charge is 0.701 e. The number of nitrogens with zero attached hydrogens (tertiary/aromatic N) is 3. The number of para-hydroxylation sites is 2. The van der Waals surface area contributed by atoms with Crippen LogP contribution in [0.2, 0.25) is 0 Å². The molecule has 1 unspecified atom stereocenters. The van der Waals surface area contributed by atoms with Crippen LogP contribution in [0.1, 0.15) is 79.8 Å². The zero-order valence-electron chi connectivity index (χ0n) is 27.0. The third-order valence-corrected chi connectivity index (χ3v) is 8.42. The Hall–Kier alpha value is -3.11. The fourth-order valence-corrected chi connectivity index (χ4v) is 6.23. The van der Waals surface area contributed by atoms with E-state index < -0.39 is 0 Å². The van der Waals surface area contributed by atoms with Crippen LogP contribution in [0, 0.1) is 27.8 Å². The van der Waals surface area contributed by atoms with E-state index in [0.29, 0.717) is 11.8 Å². The first-order valence-corrected chi connectivity index (χ1v) is 14.6. The molecule has 0 spiro atoms. The van der Waals surface area contributed by atoms with Gasteiger partial charge < -0.3 is 30.1 Å². The summed E-state index contributed by atoms with van der Waals surface area (Å²) in [4.78, 5) is 0. The van der Waals surface area contributed by atoms with Gasteiger partial charge in [0.15, 0.2) is 0 Å². The van der Waals surface area contributed by atoms with Gasteiger partial charge in [-0.05, 0) is 36.4 Å². The molecule has 4 heteroatoms. The first kappa shape index (κ1) is 34.4. The van der Waals surface area contributed by atoms with Crippen LogP contribution in [0.5, 0.6) is 0 Å². The number of fused-ring (bicyclic) bond motifs is 2. The van der Waals surface area contributed by atoms with Crippen LogP contribution in [0.4, 0.5) is 17.1 Å². The van der Waals surface area contributed by atoms with Crippen molar-refractivity contribution in [3.63, 3.8) is 0 Å². The first-order chi connectivity index (χ1) is 19.3. The molecule has 1 aliphatic rings. The van der Waals surface area contributed by atoms with Crippen LogP contribution in [0.3, 0.4) is 0 Å². The van der Waals surface area contributed by atoms with E-state index in [4.69, 9.17) is 10.6 Å². The molecule has 0 fully saturated rings. The van der Waals surface area contributed by atoms with Gasteiger partial charge in [-0.3, -0.25) is 0 Å². The summed E-state index contributed by atoms with van der Waals surface area (Å²) in [5, 5.41) is 11.7. The van der Waals surface area contributed by atoms with Crippen LogP contribution >= 0.6 is 0 Å². The van der Waals surface area contributed by atoms with Crippen molar-refractivity contribution in [2.45, 2.75) is 65.3 Å². The van der Waals surface area contributed by atoms with E-state index >= 15 is 0 Å². The average molecular weight is 733 g/mol. The minimum Gasteiger partial charge on any atom is -0.701 e. The fraction of sp³-hybridized carbons (Fsp3) is 0.282. The number of hydrogen-bond donors (Lipinski definition) is 0. The second-order valence-corrected chi connectivity index (χ2v) is 11.8. The third kappa shape index (κ3) is 6.41. The Labute approximate surface area is 278 Å². The summed E-state index contributed by atoms with van der Waals surface area (Å²) in [6.45, 7) is 11.1. The molecule has 3 nitrogen and oxygen atoms in total. The Morgan fingerprint density at radius 1 is 0.791 bits per heavy atom. The van der Waals surface area contributed by atoms with E-state index in [1.54, 1.807) is 0 Å². The molecule has 0 bridgehead atoms. The SMILES string of the molecule is Cc1ccccc1[N-]C1CCc2cccc(-c3[c-]c4c([N-]c5c(C(C)C)cccc5C(C)C)cccc4n3C)c21.[CH3-].[CH3-].[Hf]. The van der Waals surface area contributed by atoms with Crippen molar-refractivity contribution in [1.29, 1.82) is 0 Å². The number of aromatic nitrogens is 1. The molecule has 1 aliphatic carbocycles. The number of rotatable bonds is 7. The molecule has 0 radical (unpaired) electrons. The smallest absolute Gasteiger partial charge is 0.000468 e. The number of aryl methyl sites for hydroxylation is 3. The zero-order chi connectivity index (χ0) is 28.0. The Morgan fingerprint density at radius 3 is 2.09 bits per heavy atom. The van der Waals surface area contributed by atoms with Crippen LogP contribution < -0.4 is 0 Å². The molecule has 224 valence electrons. The van der Waals surface area contributed by atoms with Crippen molar-refractivity contribution in [3.8, 4) is 11.3 Å². The summed E-state index contributed by atoms with van der Waals surface area (Å²) in [6.07, 6.45) is 2.09. The first-order valence-electron chi connectivity index (χ1n) is 14.6. The van der Waals surface area contributed by atoms with Gasteiger partial charge >= 0.3 is 0 Å². The van der Waals surface area contributed by atoms with Gasteiger partial charge in [-0.25, -0.2) is 5.69 Å². The molecule has 43 heavy (non-hydrogen) atoms. The molecule has 0 saturated heterocycles. The predicted octanol–water partition coefficient (Wildman–Crippen LogP) is 12.1. The summed E-state index contributed by atoms with van der Waals surface area (Å²) in [7, 11) is 2.15. The molecule has 4 aromatic carbocycles. The van der Waals surface area contributed by atoms with Gasteiger partial charge in [0, 0.05) is 32.9 Å². The monoisotopic (exact) mass is 734 g/mol. The third-order valence-electron chi connectivity index (χ3n) is 8.42. The van der Waals surface area contributed by atoms with Crippen LogP contribution in [0.25, 0.3) is 32.8 Å². The summed E-state index contributed by atoms with van der Waals surface area (Å²) in [5.41, 5.74) is 13.2. The van der Waals surface area contributed by atoms with E-state index in [-0.39, 0.29) is 46.7 Å². The van der Waals surface area contributed by atoms with Crippen molar-refractivity contribution in [1.82, 2.24) is 4.57 Å². The van der Waals surface area contributed by atoms with E-state index in [9.17, 15) is 0 Å². The van der Waals surface area contributed by atoms with Gasteiger partial charge in [0.25, 0.3) is 0 Å². The van der Waals surface area contributed by atoms with Crippen molar-refractivity contribution in [2.24, 2.45) is 7.05 Å². The van der Waals surface area contributed by atoms with Gasteiger partial charge in [0.2, 0.25) is 0 Å². The maximum Gasteiger partial charge on any atom is 0.000468 e. The summed E-state index contributed by atoms with van der Waals surface area (Å²) in [6, 6.07) is 32.2. The quantitative estimate of drug-likeness (QED) is 0.118. The standard InChI is InChI=1S/C37H38N3.2CH3.Hf/c1-23(2)27-14-10-15-28(24(3)4)37(27)39-32-18-11-19-34-30(32)22-35(40(34)6)29-16-9-13-26-20-21-33(36(26)29)38-31-17-8-7-12-25(31)5;;;/h7-19,23-24,33H,20-21H2,1-6H3;2*1H3;/q-3;2*-1;. The molecule has 6 rings (SSSR count).